The number of nitrogens with one attached hydrogen (secondary N) is 1. The van der Waals surface area contributed by atoms with Crippen molar-refractivity contribution in [1.29, 1.82) is 5.26 Å². The van der Waals surface area contributed by atoms with E-state index in [2.05, 4.69) is 21.4 Å². The Kier molecular flexibility index (Phi) is 5.54. The van der Waals surface area contributed by atoms with Gasteiger partial charge in [0, 0.05) is 46.5 Å². The fraction of sp³-hybridized carbons (Fsp3) is 0.190. The van der Waals surface area contributed by atoms with Gasteiger partial charge in [0.2, 0.25) is 5.91 Å². The molecular formula is C21H17Cl2N5O. The van der Waals surface area contributed by atoms with E-state index >= 15 is 0 Å². The number of carbonyl (C=O) groups excluding carboxylic acids is 1. The Morgan fingerprint density at radius 2 is 1.90 bits per heavy atom. The molecule has 146 valence electrons. The van der Waals surface area contributed by atoms with Crippen molar-refractivity contribution in [3.63, 3.8) is 0 Å². The maximum atomic E-state index is 12.4. The van der Waals surface area contributed by atoms with Gasteiger partial charge >= 0.3 is 0 Å². The molecule has 4 rings (SSSR count). The highest BCUT2D eigenvalue weighted by Gasteiger charge is 2.22. The van der Waals surface area contributed by atoms with Crippen LogP contribution in [0.4, 0.5) is 5.69 Å². The van der Waals surface area contributed by atoms with Gasteiger partial charge in [-0.05, 0) is 42.5 Å². The normalized spacial score (nSPS) is 13.6. The van der Waals surface area contributed by atoms with Crippen molar-refractivity contribution in [2.45, 2.75) is 13.0 Å². The zero-order valence-corrected chi connectivity index (χ0v) is 16.9. The first-order chi connectivity index (χ1) is 14.0. The highest BCUT2D eigenvalue weighted by molar-refractivity contribution is 6.35. The molecule has 0 atom stereocenters. The van der Waals surface area contributed by atoms with E-state index in [1.54, 1.807) is 30.3 Å². The third-order valence-electron chi connectivity index (χ3n) is 4.77. The van der Waals surface area contributed by atoms with Gasteiger partial charge in [0.05, 0.1) is 30.1 Å². The van der Waals surface area contributed by atoms with Crippen LogP contribution in [0.5, 0.6) is 0 Å². The fourth-order valence-electron chi connectivity index (χ4n) is 3.45. The topological polar surface area (TPSA) is 74.0 Å². The van der Waals surface area contributed by atoms with Crippen molar-refractivity contribution in [3.05, 3.63) is 75.5 Å². The molecule has 29 heavy (non-hydrogen) atoms. The Morgan fingerprint density at radius 3 is 2.59 bits per heavy atom. The lowest BCUT2D eigenvalue weighted by atomic mass is 10.1. The number of rotatable bonds is 4. The molecular weight excluding hydrogens is 409 g/mol. The van der Waals surface area contributed by atoms with Crippen molar-refractivity contribution in [2.24, 2.45) is 0 Å². The van der Waals surface area contributed by atoms with E-state index in [0.717, 1.165) is 29.9 Å². The van der Waals surface area contributed by atoms with Crippen molar-refractivity contribution >= 4 is 34.8 Å². The Labute approximate surface area is 178 Å². The van der Waals surface area contributed by atoms with Crippen LogP contribution in [0.1, 0.15) is 16.8 Å². The van der Waals surface area contributed by atoms with Gasteiger partial charge in [-0.1, -0.05) is 23.2 Å². The molecule has 0 radical (unpaired) electrons. The third-order valence-corrected chi connectivity index (χ3v) is 5.21. The number of nitrogens with zero attached hydrogens (tertiary/aromatic N) is 4. The molecule has 1 aromatic heterocycles. The zero-order valence-electron chi connectivity index (χ0n) is 15.4. The molecule has 2 heterocycles. The first-order valence-corrected chi connectivity index (χ1v) is 9.82. The summed E-state index contributed by atoms with van der Waals surface area (Å²) < 4.78 is 1.90. The van der Waals surface area contributed by atoms with Crippen LogP contribution in [0.2, 0.25) is 10.0 Å². The molecule has 8 heteroatoms. The van der Waals surface area contributed by atoms with Crippen molar-refractivity contribution in [3.8, 4) is 11.8 Å². The van der Waals surface area contributed by atoms with Gasteiger partial charge in [-0.3, -0.25) is 9.69 Å². The summed E-state index contributed by atoms with van der Waals surface area (Å²) >= 11 is 12.0. The molecule has 1 aliphatic heterocycles. The third kappa shape index (κ3) is 4.43. The molecule has 0 fully saturated rings. The SMILES string of the molecule is N#Cc1ccc(-n2ncc3c2CCN(CC(=O)Nc2cc(Cl)cc(Cl)c2)C3)cc1. The lowest BCUT2D eigenvalue weighted by Gasteiger charge is -2.26. The predicted molar refractivity (Wildman–Crippen MR) is 112 cm³/mol. The van der Waals surface area contributed by atoms with Crippen molar-refractivity contribution in [1.82, 2.24) is 14.7 Å². The molecule has 6 nitrogen and oxygen atoms in total. The van der Waals surface area contributed by atoms with Crippen molar-refractivity contribution < 1.29 is 4.79 Å². The Morgan fingerprint density at radius 1 is 1.17 bits per heavy atom. The summed E-state index contributed by atoms with van der Waals surface area (Å²) in [6, 6.07) is 14.4. The summed E-state index contributed by atoms with van der Waals surface area (Å²) in [6.07, 6.45) is 2.62. The van der Waals surface area contributed by atoms with Crippen LogP contribution in [0, 0.1) is 11.3 Å². The van der Waals surface area contributed by atoms with E-state index in [9.17, 15) is 4.79 Å². The van der Waals surface area contributed by atoms with Crippen LogP contribution in [-0.2, 0) is 17.8 Å². The summed E-state index contributed by atoms with van der Waals surface area (Å²) in [4.78, 5) is 14.5. The minimum absolute atomic E-state index is 0.119. The monoisotopic (exact) mass is 425 g/mol. The highest BCUT2D eigenvalue weighted by Crippen LogP contribution is 2.24. The maximum absolute atomic E-state index is 12.4. The molecule has 3 aromatic rings. The van der Waals surface area contributed by atoms with Gasteiger partial charge in [0.1, 0.15) is 0 Å². The molecule has 0 unspecified atom stereocenters. The van der Waals surface area contributed by atoms with Gasteiger partial charge < -0.3 is 5.32 Å². The molecule has 2 aromatic carbocycles. The summed E-state index contributed by atoms with van der Waals surface area (Å²) in [6.45, 7) is 1.67. The second-order valence-electron chi connectivity index (χ2n) is 6.85. The molecule has 1 N–H and O–H groups in total. The van der Waals surface area contributed by atoms with E-state index in [1.807, 2.05) is 23.0 Å². The molecule has 0 saturated carbocycles. The predicted octanol–water partition coefficient (Wildman–Crippen LogP) is 4.05. The van der Waals surface area contributed by atoms with E-state index in [4.69, 9.17) is 28.5 Å². The molecule has 1 aliphatic rings. The van der Waals surface area contributed by atoms with E-state index in [0.29, 0.717) is 27.8 Å². The summed E-state index contributed by atoms with van der Waals surface area (Å²) in [7, 11) is 0. The van der Waals surface area contributed by atoms with E-state index in [-0.39, 0.29) is 12.5 Å². The number of benzene rings is 2. The molecule has 0 aliphatic carbocycles. The number of aromatic nitrogens is 2. The summed E-state index contributed by atoms with van der Waals surface area (Å²) in [5.41, 5.74) is 4.35. The Balaban J connectivity index is 1.42. The molecule has 0 bridgehead atoms. The minimum Gasteiger partial charge on any atom is -0.325 e. The van der Waals surface area contributed by atoms with Crippen molar-refractivity contribution in [2.75, 3.05) is 18.4 Å². The van der Waals surface area contributed by atoms with Crippen LogP contribution in [-0.4, -0.2) is 33.7 Å². The minimum atomic E-state index is -0.119. The summed E-state index contributed by atoms with van der Waals surface area (Å²) in [5.74, 6) is -0.119. The standard InChI is InChI=1S/C21H17Cl2N5O/c22-16-7-17(23)9-18(8-16)26-21(29)13-27-6-5-20-15(12-27)11-25-28(20)19-3-1-14(10-24)2-4-19/h1-4,7-9,11H,5-6,12-13H2,(H,26,29). The van der Waals surface area contributed by atoms with Crippen LogP contribution < -0.4 is 5.32 Å². The zero-order chi connectivity index (χ0) is 20.4. The number of hydrogen-bond acceptors (Lipinski definition) is 4. The molecule has 0 spiro atoms. The lowest BCUT2D eigenvalue weighted by molar-refractivity contribution is -0.117. The lowest BCUT2D eigenvalue weighted by Crippen LogP contribution is -2.37. The van der Waals surface area contributed by atoms with Crippen LogP contribution >= 0.6 is 23.2 Å². The Hall–Kier alpha value is -2.85. The van der Waals surface area contributed by atoms with Gasteiger partial charge in [-0.25, -0.2) is 4.68 Å². The van der Waals surface area contributed by atoms with E-state index < -0.39 is 0 Å². The summed E-state index contributed by atoms with van der Waals surface area (Å²) in [5, 5.41) is 17.2. The maximum Gasteiger partial charge on any atom is 0.238 e. The quantitative estimate of drug-likeness (QED) is 0.683. The van der Waals surface area contributed by atoms with Gasteiger partial charge in [0.25, 0.3) is 0 Å². The first-order valence-electron chi connectivity index (χ1n) is 9.06. The number of anilines is 1. The number of nitriles is 1. The first kappa shape index (κ1) is 19.5. The van der Waals surface area contributed by atoms with Crippen LogP contribution in [0.3, 0.4) is 0 Å². The van der Waals surface area contributed by atoms with Gasteiger partial charge in [0.15, 0.2) is 0 Å². The number of halogens is 2. The number of amides is 1. The average Bonchev–Trinajstić information content (AvgIpc) is 3.10. The second-order valence-corrected chi connectivity index (χ2v) is 7.73. The number of fused-ring (bicyclic) bond motifs is 1. The Bertz CT molecular complexity index is 1080. The number of carbonyl (C=O) groups is 1. The van der Waals surface area contributed by atoms with Gasteiger partial charge in [-0.2, -0.15) is 10.4 Å². The average molecular weight is 426 g/mol. The fourth-order valence-corrected chi connectivity index (χ4v) is 3.98. The van der Waals surface area contributed by atoms with Crippen LogP contribution in [0.15, 0.2) is 48.7 Å². The number of hydrogen-bond donors (Lipinski definition) is 1. The van der Waals surface area contributed by atoms with Crippen LogP contribution in [0.25, 0.3) is 5.69 Å². The smallest absolute Gasteiger partial charge is 0.238 e. The second kappa shape index (κ2) is 8.26. The highest BCUT2D eigenvalue weighted by atomic mass is 35.5. The van der Waals surface area contributed by atoms with E-state index in [1.165, 1.54) is 0 Å². The molecule has 1 amide bonds. The van der Waals surface area contributed by atoms with Gasteiger partial charge in [-0.15, -0.1) is 0 Å². The largest absolute Gasteiger partial charge is 0.325 e. The molecule has 0 saturated heterocycles.